The first-order chi connectivity index (χ1) is 25.1. The average molecular weight is 673 g/mol. The molecule has 3 heterocycles. The number of hydrogen-bond acceptors (Lipinski definition) is 4. The van der Waals surface area contributed by atoms with Gasteiger partial charge in [0.25, 0.3) is 0 Å². The predicted molar refractivity (Wildman–Crippen MR) is 211 cm³/mol. The van der Waals surface area contributed by atoms with Crippen molar-refractivity contribution >= 4 is 44.3 Å². The van der Waals surface area contributed by atoms with E-state index in [2.05, 4.69) is 152 Å². The Labute approximate surface area is 300 Å². The second-order valence-electron chi connectivity index (χ2n) is 13.6. The zero-order valence-electron chi connectivity index (χ0n) is 28.2. The largest absolute Gasteiger partial charge is 0.277 e. The van der Waals surface area contributed by atoms with E-state index in [9.17, 15) is 0 Å². The van der Waals surface area contributed by atoms with Crippen molar-refractivity contribution in [3.8, 4) is 39.9 Å². The van der Waals surface area contributed by atoms with Gasteiger partial charge in [0, 0.05) is 37.1 Å². The lowest BCUT2D eigenvalue weighted by Gasteiger charge is -2.36. The van der Waals surface area contributed by atoms with E-state index in [1.807, 2.05) is 36.0 Å². The molecule has 10 rings (SSSR count). The fourth-order valence-corrected chi connectivity index (χ4v) is 9.47. The van der Waals surface area contributed by atoms with Crippen LogP contribution in [-0.4, -0.2) is 19.5 Å². The molecular weight excluding hydrogens is 641 g/mol. The molecule has 0 fully saturated rings. The van der Waals surface area contributed by atoms with E-state index in [-0.39, 0.29) is 5.41 Å². The Bertz CT molecular complexity index is 2800. The Hall–Kier alpha value is -6.04. The lowest BCUT2D eigenvalue weighted by atomic mass is 9.75. The van der Waals surface area contributed by atoms with Crippen LogP contribution in [0.25, 0.3) is 72.4 Å². The molecule has 9 aromatic rings. The van der Waals surface area contributed by atoms with Crippen molar-refractivity contribution in [3.05, 3.63) is 169 Å². The van der Waals surface area contributed by atoms with Crippen LogP contribution in [0, 0.1) is 0 Å². The zero-order chi connectivity index (χ0) is 34.1. The maximum absolute atomic E-state index is 5.35. The van der Waals surface area contributed by atoms with E-state index in [4.69, 9.17) is 15.0 Å². The summed E-state index contributed by atoms with van der Waals surface area (Å²) in [5, 5.41) is 4.92. The van der Waals surface area contributed by atoms with Gasteiger partial charge in [-0.1, -0.05) is 165 Å². The molecule has 0 saturated carbocycles. The fourth-order valence-electron chi connectivity index (χ4n) is 7.91. The molecule has 7 aromatic carbocycles. The summed E-state index contributed by atoms with van der Waals surface area (Å²) < 4.78 is 2.30. The van der Waals surface area contributed by atoms with E-state index in [1.54, 1.807) is 0 Å². The van der Waals surface area contributed by atoms with E-state index in [1.165, 1.54) is 42.5 Å². The highest BCUT2D eigenvalue weighted by atomic mass is 32.2. The minimum absolute atomic E-state index is 0.233. The second kappa shape index (κ2) is 11.5. The molecular formula is C46H32N4S. The van der Waals surface area contributed by atoms with Gasteiger partial charge in [-0.15, -0.1) is 0 Å². The summed E-state index contributed by atoms with van der Waals surface area (Å²) in [5.41, 5.74) is 8.80. The molecule has 0 unspecified atom stereocenters. The minimum Gasteiger partial charge on any atom is -0.277 e. The highest BCUT2D eigenvalue weighted by molar-refractivity contribution is 7.99. The van der Waals surface area contributed by atoms with Gasteiger partial charge in [0.1, 0.15) is 0 Å². The monoisotopic (exact) mass is 672 g/mol. The van der Waals surface area contributed by atoms with Crippen LogP contribution >= 0.6 is 11.8 Å². The third-order valence-electron chi connectivity index (χ3n) is 10.3. The topological polar surface area (TPSA) is 43.6 Å². The van der Waals surface area contributed by atoms with Gasteiger partial charge in [-0.25, -0.2) is 4.98 Å². The van der Waals surface area contributed by atoms with Crippen molar-refractivity contribution in [2.24, 2.45) is 0 Å². The molecule has 0 radical (unpaired) electrons. The number of para-hydroxylation sites is 1. The normalized spacial score (nSPS) is 13.4. The summed E-state index contributed by atoms with van der Waals surface area (Å²) >= 11 is 1.86. The van der Waals surface area contributed by atoms with E-state index in [0.29, 0.717) is 17.6 Å². The van der Waals surface area contributed by atoms with Gasteiger partial charge in [-0.3, -0.25) is 4.57 Å². The van der Waals surface area contributed by atoms with Crippen LogP contribution in [0.15, 0.2) is 168 Å². The molecule has 1 aliphatic heterocycles. The van der Waals surface area contributed by atoms with Crippen molar-refractivity contribution in [2.45, 2.75) is 29.1 Å². The average Bonchev–Trinajstić information content (AvgIpc) is 3.54. The number of rotatable bonds is 4. The van der Waals surface area contributed by atoms with Crippen LogP contribution in [0.2, 0.25) is 0 Å². The first-order valence-corrected chi connectivity index (χ1v) is 18.1. The minimum atomic E-state index is -0.233. The second-order valence-corrected chi connectivity index (χ2v) is 14.7. The number of benzene rings is 7. The summed E-state index contributed by atoms with van der Waals surface area (Å²) in [6, 6.07) is 55.6. The lowest BCUT2D eigenvalue weighted by Crippen LogP contribution is -2.24. The molecule has 4 nitrogen and oxygen atoms in total. The van der Waals surface area contributed by atoms with E-state index in [0.717, 1.165) is 33.3 Å². The van der Waals surface area contributed by atoms with Gasteiger partial charge in [-0.05, 0) is 51.2 Å². The quantitative estimate of drug-likeness (QED) is 0.187. The highest BCUT2D eigenvalue weighted by Gasteiger charge is 2.37. The number of fused-ring (bicyclic) bond motifs is 9. The van der Waals surface area contributed by atoms with Gasteiger partial charge in [0.15, 0.2) is 11.6 Å². The van der Waals surface area contributed by atoms with Crippen molar-refractivity contribution in [1.29, 1.82) is 0 Å². The number of nitrogens with zero attached hydrogens (tertiary/aromatic N) is 4. The van der Waals surface area contributed by atoms with Crippen LogP contribution in [-0.2, 0) is 5.41 Å². The Balaban J connectivity index is 1.33. The van der Waals surface area contributed by atoms with Gasteiger partial charge in [-0.2, -0.15) is 9.97 Å². The molecule has 0 N–H and O–H groups in total. The van der Waals surface area contributed by atoms with E-state index < -0.39 is 0 Å². The van der Waals surface area contributed by atoms with Crippen LogP contribution in [0.5, 0.6) is 0 Å². The molecule has 51 heavy (non-hydrogen) atoms. The van der Waals surface area contributed by atoms with Crippen molar-refractivity contribution in [3.63, 3.8) is 0 Å². The van der Waals surface area contributed by atoms with E-state index >= 15 is 0 Å². The SMILES string of the molecule is CC1(C)c2ccccc2Sc2c1c1ccccc1c1c3ccccc3n(-c3nc(-c4ccccc4)nc(-c4cccc(-c5ccccc5)c4)n3)c21. The van der Waals surface area contributed by atoms with Gasteiger partial charge in [0.05, 0.1) is 11.0 Å². The van der Waals surface area contributed by atoms with Crippen molar-refractivity contribution in [1.82, 2.24) is 19.5 Å². The van der Waals surface area contributed by atoms with Crippen LogP contribution in [0.1, 0.15) is 25.0 Å². The highest BCUT2D eigenvalue weighted by Crippen LogP contribution is 2.55. The third kappa shape index (κ3) is 4.65. The maximum Gasteiger partial charge on any atom is 0.238 e. The van der Waals surface area contributed by atoms with Crippen LogP contribution in [0.4, 0.5) is 0 Å². The molecule has 0 bridgehead atoms. The van der Waals surface area contributed by atoms with Crippen LogP contribution in [0.3, 0.4) is 0 Å². The van der Waals surface area contributed by atoms with Gasteiger partial charge >= 0.3 is 0 Å². The Morgan fingerprint density at radius 3 is 1.88 bits per heavy atom. The predicted octanol–water partition coefficient (Wildman–Crippen LogP) is 11.9. The number of aromatic nitrogens is 4. The molecule has 242 valence electrons. The Morgan fingerprint density at radius 1 is 0.510 bits per heavy atom. The molecule has 0 spiro atoms. The Kier molecular flexibility index (Phi) is 6.73. The first kappa shape index (κ1) is 29.8. The molecule has 2 aromatic heterocycles. The molecule has 1 aliphatic rings. The summed E-state index contributed by atoms with van der Waals surface area (Å²) in [5.74, 6) is 1.88. The van der Waals surface area contributed by atoms with Crippen LogP contribution < -0.4 is 0 Å². The fraction of sp³-hybridized carbons (Fsp3) is 0.0652. The summed E-state index contributed by atoms with van der Waals surface area (Å²) in [6.45, 7) is 4.73. The molecule has 0 atom stereocenters. The van der Waals surface area contributed by atoms with Gasteiger partial charge < -0.3 is 0 Å². The number of hydrogen-bond donors (Lipinski definition) is 0. The standard InChI is InChI=1S/C46H32N4S/c1-46(2)36-25-12-14-27-38(36)51-42-40(46)34-23-10-9-22-33(34)39-35-24-11-13-26-37(35)50(41(39)42)45-48-43(30-18-7-4-8-19-30)47-44(49-45)32-21-15-20-31(28-32)29-16-5-3-6-17-29/h3-28H,1-2H3. The lowest BCUT2D eigenvalue weighted by molar-refractivity contribution is 0.615. The first-order valence-electron chi connectivity index (χ1n) is 17.3. The maximum atomic E-state index is 5.35. The van der Waals surface area contributed by atoms with Gasteiger partial charge in [0.2, 0.25) is 5.95 Å². The smallest absolute Gasteiger partial charge is 0.238 e. The summed E-state index contributed by atoms with van der Waals surface area (Å²) in [4.78, 5) is 18.3. The van der Waals surface area contributed by atoms with Crippen molar-refractivity contribution in [2.75, 3.05) is 0 Å². The summed E-state index contributed by atoms with van der Waals surface area (Å²) in [7, 11) is 0. The Morgan fingerprint density at radius 2 is 1.10 bits per heavy atom. The third-order valence-corrected chi connectivity index (χ3v) is 11.4. The molecule has 5 heteroatoms. The molecule has 0 saturated heterocycles. The molecule has 0 amide bonds. The molecule has 0 aliphatic carbocycles. The summed E-state index contributed by atoms with van der Waals surface area (Å²) in [6.07, 6.45) is 0. The zero-order valence-corrected chi connectivity index (χ0v) is 29.0. The van der Waals surface area contributed by atoms with Crippen molar-refractivity contribution < 1.29 is 0 Å².